The van der Waals surface area contributed by atoms with Crippen LogP contribution in [0.2, 0.25) is 0 Å². The molecule has 0 radical (unpaired) electrons. The van der Waals surface area contributed by atoms with E-state index in [2.05, 4.69) is 93.7 Å². The third-order valence-corrected chi connectivity index (χ3v) is 16.2. The number of rotatable bonds is 67. The van der Waals surface area contributed by atoms with Gasteiger partial charge in [-0.05, 0) is 89.9 Å². The second-order valence-electron chi connectivity index (χ2n) is 24.5. The van der Waals surface area contributed by atoms with Gasteiger partial charge < -0.3 is 14.2 Å². The Kier molecular flexibility index (Phi) is 68.6. The molecule has 0 aromatic rings. The highest BCUT2D eigenvalue weighted by atomic mass is 16.6. The van der Waals surface area contributed by atoms with Crippen molar-refractivity contribution in [2.75, 3.05) is 13.2 Å². The van der Waals surface area contributed by atoms with Crippen molar-refractivity contribution in [2.45, 2.75) is 386 Å². The Labute approximate surface area is 516 Å². The summed E-state index contributed by atoms with van der Waals surface area (Å²) in [5, 5.41) is 0. The lowest BCUT2D eigenvalue weighted by atomic mass is 10.0. The van der Waals surface area contributed by atoms with E-state index in [1.807, 2.05) is 0 Å². The Balaban J connectivity index is 4.01. The highest BCUT2D eigenvalue weighted by Gasteiger charge is 2.19. The van der Waals surface area contributed by atoms with Gasteiger partial charge in [-0.2, -0.15) is 0 Å². The Hall–Kier alpha value is -3.15. The van der Waals surface area contributed by atoms with Crippen LogP contribution in [0.15, 0.2) is 72.9 Å². The van der Waals surface area contributed by atoms with Gasteiger partial charge in [0, 0.05) is 19.3 Å². The van der Waals surface area contributed by atoms with Crippen molar-refractivity contribution in [3.8, 4) is 0 Å². The third-order valence-electron chi connectivity index (χ3n) is 16.2. The van der Waals surface area contributed by atoms with Gasteiger partial charge in [0.1, 0.15) is 13.2 Å². The van der Waals surface area contributed by atoms with Gasteiger partial charge in [-0.25, -0.2) is 0 Å². The number of hydrogen-bond acceptors (Lipinski definition) is 6. The van der Waals surface area contributed by atoms with Crippen LogP contribution < -0.4 is 0 Å². The molecule has 0 aliphatic heterocycles. The van der Waals surface area contributed by atoms with Crippen LogP contribution in [0.25, 0.3) is 0 Å². The van der Waals surface area contributed by atoms with Gasteiger partial charge in [-0.15, -0.1) is 0 Å². The first-order chi connectivity index (χ1) is 41.0. The van der Waals surface area contributed by atoms with E-state index in [9.17, 15) is 14.4 Å². The summed E-state index contributed by atoms with van der Waals surface area (Å²) in [6.45, 7) is 6.53. The fourth-order valence-electron chi connectivity index (χ4n) is 10.8. The van der Waals surface area contributed by atoms with Crippen molar-refractivity contribution < 1.29 is 28.6 Å². The van der Waals surface area contributed by atoms with Crippen molar-refractivity contribution in [2.24, 2.45) is 0 Å². The molecule has 1 atom stereocenters. The molecule has 0 aromatic carbocycles. The molecule has 0 aliphatic rings. The number of hydrogen-bond donors (Lipinski definition) is 0. The molecule has 0 amide bonds. The quantitative estimate of drug-likeness (QED) is 0.0261. The van der Waals surface area contributed by atoms with Crippen LogP contribution in [0.4, 0.5) is 0 Å². The Morgan fingerprint density at radius 1 is 0.253 bits per heavy atom. The summed E-state index contributed by atoms with van der Waals surface area (Å²) < 4.78 is 16.9. The number of carbonyl (C=O) groups is 3. The van der Waals surface area contributed by atoms with Crippen LogP contribution >= 0.6 is 0 Å². The molecule has 83 heavy (non-hydrogen) atoms. The summed E-state index contributed by atoms with van der Waals surface area (Å²) >= 11 is 0. The Morgan fingerprint density at radius 3 is 0.747 bits per heavy atom. The van der Waals surface area contributed by atoms with Gasteiger partial charge >= 0.3 is 17.9 Å². The predicted molar refractivity (Wildman–Crippen MR) is 362 cm³/mol. The van der Waals surface area contributed by atoms with Crippen LogP contribution in [-0.2, 0) is 28.6 Å². The highest BCUT2D eigenvalue weighted by Crippen LogP contribution is 2.18. The maximum Gasteiger partial charge on any atom is 0.306 e. The number of esters is 3. The molecule has 0 spiro atoms. The lowest BCUT2D eigenvalue weighted by molar-refractivity contribution is -0.167. The predicted octanol–water partition coefficient (Wildman–Crippen LogP) is 25.2. The first-order valence-electron chi connectivity index (χ1n) is 36.4. The summed E-state index contributed by atoms with van der Waals surface area (Å²) in [6.07, 6.45) is 94.1. The molecule has 6 heteroatoms. The molecule has 0 aliphatic carbocycles. The van der Waals surface area contributed by atoms with Crippen LogP contribution in [0.3, 0.4) is 0 Å². The minimum Gasteiger partial charge on any atom is -0.462 e. The molecule has 0 rings (SSSR count). The fourth-order valence-corrected chi connectivity index (χ4v) is 10.8. The van der Waals surface area contributed by atoms with E-state index in [0.29, 0.717) is 19.3 Å². The molecule has 0 aromatic heterocycles. The maximum absolute atomic E-state index is 12.9. The molecule has 0 fully saturated rings. The molecule has 0 saturated heterocycles. The molecule has 1 unspecified atom stereocenters. The number of carbonyl (C=O) groups excluding carboxylic acids is 3. The lowest BCUT2D eigenvalue weighted by Crippen LogP contribution is -2.30. The van der Waals surface area contributed by atoms with E-state index in [0.717, 1.165) is 96.3 Å². The minimum atomic E-state index is -0.776. The standard InChI is InChI=1S/C77H138O6/c1-4-7-10-13-16-18-20-22-24-26-28-30-32-34-35-36-37-38-39-40-41-43-44-46-48-50-52-54-56-58-61-64-67-70-76(79)82-73-74(72-81-75(78)69-66-63-60-15-12-9-6-3)83-77(80)71-68-65-62-59-57-55-53-51-49-47-45-42-33-31-29-27-25-23-21-19-17-14-11-8-5-2/h8,11,17,19,23,25-26,28-29,31,42,45,74H,4-7,9-10,12-16,18,20-22,24,27,30,32-41,43-44,46-73H2,1-3H3/b11-8-,19-17-,25-23-,28-26-,31-29-,45-42-. The van der Waals surface area contributed by atoms with Gasteiger partial charge in [-0.1, -0.05) is 344 Å². The molecule has 6 nitrogen and oxygen atoms in total. The van der Waals surface area contributed by atoms with E-state index in [-0.39, 0.29) is 31.1 Å². The Bertz CT molecular complexity index is 1520. The molecule has 0 bridgehead atoms. The van der Waals surface area contributed by atoms with Gasteiger partial charge in [-0.3, -0.25) is 14.4 Å². The average Bonchev–Trinajstić information content (AvgIpc) is 3.50. The maximum atomic E-state index is 12.9. The largest absolute Gasteiger partial charge is 0.462 e. The molecule has 0 saturated carbocycles. The molecular weight excluding hydrogens is 1020 g/mol. The summed E-state index contributed by atoms with van der Waals surface area (Å²) in [6, 6.07) is 0. The van der Waals surface area contributed by atoms with Crippen molar-refractivity contribution in [3.05, 3.63) is 72.9 Å². The zero-order valence-electron chi connectivity index (χ0n) is 55.5. The number of allylic oxidation sites excluding steroid dienone is 12. The topological polar surface area (TPSA) is 78.9 Å². The van der Waals surface area contributed by atoms with Crippen LogP contribution in [-0.4, -0.2) is 37.2 Å². The summed E-state index contributed by atoms with van der Waals surface area (Å²) in [4.78, 5) is 38.2. The minimum absolute atomic E-state index is 0.0735. The van der Waals surface area contributed by atoms with Crippen LogP contribution in [0, 0.1) is 0 Å². The zero-order valence-corrected chi connectivity index (χ0v) is 55.5. The highest BCUT2D eigenvalue weighted by molar-refractivity contribution is 5.71. The summed E-state index contributed by atoms with van der Waals surface area (Å²) in [5.41, 5.74) is 0. The van der Waals surface area contributed by atoms with Gasteiger partial charge in [0.2, 0.25) is 0 Å². The Morgan fingerprint density at radius 2 is 0.470 bits per heavy atom. The SMILES string of the molecule is CC/C=C\C/C=C\C/C=C\C/C=C\C/C=C\CCCCCCCCCCCC(=O)OC(COC(=O)CCCCCCCCC)COC(=O)CCCCCCCCCCCCCCCCCCCCCCC/C=C\CCCCCCCCCC. The van der Waals surface area contributed by atoms with Gasteiger partial charge in [0.25, 0.3) is 0 Å². The smallest absolute Gasteiger partial charge is 0.306 e. The molecule has 0 heterocycles. The van der Waals surface area contributed by atoms with Crippen LogP contribution in [0.5, 0.6) is 0 Å². The van der Waals surface area contributed by atoms with Crippen molar-refractivity contribution >= 4 is 17.9 Å². The van der Waals surface area contributed by atoms with E-state index >= 15 is 0 Å². The van der Waals surface area contributed by atoms with E-state index in [1.54, 1.807) is 0 Å². The number of unbranched alkanes of at least 4 members (excludes halogenated alkanes) is 44. The zero-order chi connectivity index (χ0) is 59.9. The molecule has 482 valence electrons. The summed E-state index contributed by atoms with van der Waals surface area (Å²) in [7, 11) is 0. The van der Waals surface area contributed by atoms with Crippen molar-refractivity contribution in [3.63, 3.8) is 0 Å². The first kappa shape index (κ1) is 79.8. The normalized spacial score (nSPS) is 12.5. The lowest BCUT2D eigenvalue weighted by Gasteiger charge is -2.18. The fraction of sp³-hybridized carbons (Fsp3) is 0.805. The van der Waals surface area contributed by atoms with Crippen molar-refractivity contribution in [1.82, 2.24) is 0 Å². The third kappa shape index (κ3) is 69.5. The van der Waals surface area contributed by atoms with Crippen molar-refractivity contribution in [1.29, 1.82) is 0 Å². The number of ether oxygens (including phenoxy) is 3. The second kappa shape index (κ2) is 71.3. The van der Waals surface area contributed by atoms with Crippen LogP contribution in [0.1, 0.15) is 380 Å². The molecule has 0 N–H and O–H groups in total. The van der Waals surface area contributed by atoms with Gasteiger partial charge in [0.05, 0.1) is 0 Å². The average molecular weight is 1160 g/mol. The van der Waals surface area contributed by atoms with E-state index in [1.165, 1.54) is 244 Å². The summed E-state index contributed by atoms with van der Waals surface area (Å²) in [5.74, 6) is -0.867. The first-order valence-corrected chi connectivity index (χ1v) is 36.4. The van der Waals surface area contributed by atoms with Gasteiger partial charge in [0.15, 0.2) is 6.10 Å². The second-order valence-corrected chi connectivity index (χ2v) is 24.5. The van der Waals surface area contributed by atoms with E-state index < -0.39 is 6.10 Å². The monoisotopic (exact) mass is 1160 g/mol. The molecular formula is C77H138O6. The van der Waals surface area contributed by atoms with E-state index in [4.69, 9.17) is 14.2 Å².